The number of aliphatic hydroxyl groups excluding tert-OH is 1. The predicted octanol–water partition coefficient (Wildman–Crippen LogP) is 5.73. The van der Waals surface area contributed by atoms with E-state index in [4.69, 9.17) is 9.47 Å². The highest BCUT2D eigenvalue weighted by Gasteiger charge is 2.48. The second-order valence-electron chi connectivity index (χ2n) is 8.56. The van der Waals surface area contributed by atoms with E-state index in [9.17, 15) is 14.7 Å². The van der Waals surface area contributed by atoms with Gasteiger partial charge in [-0.15, -0.1) is 0 Å². The number of aliphatic hydroxyl groups is 1. The quantitative estimate of drug-likeness (QED) is 0.271. The third kappa shape index (κ3) is 4.52. The van der Waals surface area contributed by atoms with Crippen molar-refractivity contribution in [1.82, 2.24) is 0 Å². The fourth-order valence-corrected chi connectivity index (χ4v) is 4.27. The van der Waals surface area contributed by atoms with Crippen molar-refractivity contribution < 1.29 is 24.2 Å². The topological polar surface area (TPSA) is 76.1 Å². The highest BCUT2D eigenvalue weighted by molar-refractivity contribution is 6.51. The lowest BCUT2D eigenvalue weighted by molar-refractivity contribution is -0.132. The Hall–Kier alpha value is -4.06. The Balaban J connectivity index is 1.94. The molecule has 0 saturated carbocycles. The Labute approximate surface area is 205 Å². The summed E-state index contributed by atoms with van der Waals surface area (Å²) in [6.07, 6.45) is 0.838. The second kappa shape index (κ2) is 10.1. The summed E-state index contributed by atoms with van der Waals surface area (Å²) < 4.78 is 11.3. The molecule has 1 fully saturated rings. The number of ketones is 1. The smallest absolute Gasteiger partial charge is 0.300 e. The van der Waals surface area contributed by atoms with Gasteiger partial charge in [0.1, 0.15) is 17.3 Å². The highest BCUT2D eigenvalue weighted by Crippen LogP contribution is 2.45. The van der Waals surface area contributed by atoms with Gasteiger partial charge < -0.3 is 14.6 Å². The average Bonchev–Trinajstić information content (AvgIpc) is 3.14. The van der Waals surface area contributed by atoms with Crippen LogP contribution in [-0.2, 0) is 9.59 Å². The van der Waals surface area contributed by atoms with Crippen molar-refractivity contribution in [1.29, 1.82) is 0 Å². The van der Waals surface area contributed by atoms with Crippen LogP contribution in [0.5, 0.6) is 11.5 Å². The maximum atomic E-state index is 13.4. The summed E-state index contributed by atoms with van der Waals surface area (Å²) in [7, 11) is 1.54. The lowest BCUT2D eigenvalue weighted by atomic mass is 9.94. The van der Waals surface area contributed by atoms with Crippen molar-refractivity contribution in [2.45, 2.75) is 33.2 Å². The van der Waals surface area contributed by atoms with Crippen molar-refractivity contribution in [2.24, 2.45) is 0 Å². The van der Waals surface area contributed by atoms with Gasteiger partial charge in [0.05, 0.1) is 25.3 Å². The molecule has 6 heteroatoms. The molecule has 6 nitrogen and oxygen atoms in total. The van der Waals surface area contributed by atoms with Gasteiger partial charge in [-0.3, -0.25) is 14.5 Å². The number of amides is 1. The predicted molar refractivity (Wildman–Crippen MR) is 136 cm³/mol. The van der Waals surface area contributed by atoms with Crippen LogP contribution in [0.2, 0.25) is 0 Å². The molecule has 1 atom stereocenters. The molecule has 1 aliphatic rings. The first kappa shape index (κ1) is 24.1. The van der Waals surface area contributed by atoms with Crippen LogP contribution in [0.25, 0.3) is 5.76 Å². The van der Waals surface area contributed by atoms with E-state index in [1.165, 1.54) is 12.0 Å². The number of hydrogen-bond donors (Lipinski definition) is 1. The van der Waals surface area contributed by atoms with E-state index in [0.29, 0.717) is 34.9 Å². The lowest BCUT2D eigenvalue weighted by Crippen LogP contribution is -2.29. The Kier molecular flexibility index (Phi) is 6.92. The van der Waals surface area contributed by atoms with E-state index in [1.54, 1.807) is 36.4 Å². The molecule has 180 valence electrons. The molecule has 1 N–H and O–H groups in total. The van der Waals surface area contributed by atoms with E-state index >= 15 is 0 Å². The van der Waals surface area contributed by atoms with E-state index in [0.717, 1.165) is 17.5 Å². The number of methoxy groups -OCH3 is 1. The van der Waals surface area contributed by atoms with Crippen LogP contribution < -0.4 is 14.4 Å². The van der Waals surface area contributed by atoms with Gasteiger partial charge in [-0.2, -0.15) is 0 Å². The molecule has 4 rings (SSSR count). The van der Waals surface area contributed by atoms with Crippen molar-refractivity contribution >= 4 is 23.1 Å². The molecule has 3 aromatic rings. The molecule has 0 aromatic heterocycles. The second-order valence-corrected chi connectivity index (χ2v) is 8.56. The number of anilines is 1. The zero-order valence-corrected chi connectivity index (χ0v) is 20.4. The third-order valence-corrected chi connectivity index (χ3v) is 6.23. The Bertz CT molecular complexity index is 1310. The summed E-state index contributed by atoms with van der Waals surface area (Å²) in [5.41, 5.74) is 3.64. The van der Waals surface area contributed by atoms with Crippen LogP contribution in [-0.4, -0.2) is 30.5 Å². The first-order valence-electron chi connectivity index (χ1n) is 11.6. The van der Waals surface area contributed by atoms with Gasteiger partial charge in [0.25, 0.3) is 11.7 Å². The maximum absolute atomic E-state index is 13.4. The number of rotatable bonds is 7. The van der Waals surface area contributed by atoms with Crippen LogP contribution in [0.3, 0.4) is 0 Å². The Morgan fingerprint density at radius 3 is 2.46 bits per heavy atom. The minimum absolute atomic E-state index is 0.00497. The molecule has 3 aromatic carbocycles. The fraction of sp³-hybridized carbons (Fsp3) is 0.241. The monoisotopic (exact) mass is 471 g/mol. The summed E-state index contributed by atoms with van der Waals surface area (Å²) in [5, 5.41) is 11.4. The number of carbonyl (C=O) groups excluding carboxylic acids is 2. The molecule has 0 bridgehead atoms. The molecular formula is C29H29NO5. The minimum atomic E-state index is -0.867. The summed E-state index contributed by atoms with van der Waals surface area (Å²) >= 11 is 0. The molecule has 0 aliphatic carbocycles. The molecule has 0 spiro atoms. The number of nitrogens with zero attached hydrogens (tertiary/aromatic N) is 1. The number of para-hydroxylation sites is 1. The molecule has 0 radical (unpaired) electrons. The highest BCUT2D eigenvalue weighted by atomic mass is 16.5. The fourth-order valence-electron chi connectivity index (χ4n) is 4.27. The number of aryl methyl sites for hydroxylation is 2. The van der Waals surface area contributed by atoms with Crippen molar-refractivity contribution in [3.05, 3.63) is 94.6 Å². The third-order valence-electron chi connectivity index (χ3n) is 6.23. The SMILES string of the molecule is CCCOc1cccc(/C(O)=C2\C(=O)C(=O)N(c3ccc(C)c(C)c3)C2c2ccccc2OC)c1. The van der Waals surface area contributed by atoms with Crippen LogP contribution in [0.15, 0.2) is 72.3 Å². The van der Waals surface area contributed by atoms with E-state index < -0.39 is 17.7 Å². The molecule has 1 amide bonds. The zero-order valence-electron chi connectivity index (χ0n) is 20.4. The number of carbonyl (C=O) groups is 2. The summed E-state index contributed by atoms with van der Waals surface area (Å²) in [6, 6.07) is 18.9. The summed E-state index contributed by atoms with van der Waals surface area (Å²) in [5.74, 6) is -0.625. The first-order chi connectivity index (χ1) is 16.9. The number of benzene rings is 3. The van der Waals surface area contributed by atoms with Crippen molar-refractivity contribution in [3.63, 3.8) is 0 Å². The molecular weight excluding hydrogens is 442 g/mol. The van der Waals surface area contributed by atoms with E-state index in [2.05, 4.69) is 0 Å². The molecule has 1 aliphatic heterocycles. The Morgan fingerprint density at radius 2 is 1.74 bits per heavy atom. The van der Waals surface area contributed by atoms with Gasteiger partial charge in [-0.1, -0.05) is 43.3 Å². The van der Waals surface area contributed by atoms with Gasteiger partial charge in [-0.05, 0) is 61.7 Å². The molecule has 1 heterocycles. The first-order valence-corrected chi connectivity index (χ1v) is 11.6. The normalized spacial score (nSPS) is 17.0. The standard InChI is InChI=1S/C29H29NO5/c1-5-15-35-22-10-8-9-20(17-22)27(31)25-26(23-11-6-7-12-24(23)34-4)30(29(33)28(25)32)21-14-13-18(2)19(3)16-21/h6-14,16-17,26,31H,5,15H2,1-4H3/b27-25+. The van der Waals surface area contributed by atoms with Crippen molar-refractivity contribution in [2.75, 3.05) is 18.6 Å². The van der Waals surface area contributed by atoms with Gasteiger partial charge in [0, 0.05) is 16.8 Å². The number of Topliss-reactive ketones (excluding diaryl/α,β-unsaturated/α-hetero) is 1. The van der Waals surface area contributed by atoms with Crippen LogP contribution in [0.1, 0.15) is 41.6 Å². The van der Waals surface area contributed by atoms with Gasteiger partial charge in [0.15, 0.2) is 0 Å². The van der Waals surface area contributed by atoms with Crippen LogP contribution in [0.4, 0.5) is 5.69 Å². The van der Waals surface area contributed by atoms with Crippen LogP contribution in [0, 0.1) is 13.8 Å². The number of ether oxygens (including phenoxy) is 2. The molecule has 1 unspecified atom stereocenters. The van der Waals surface area contributed by atoms with Gasteiger partial charge in [-0.25, -0.2) is 0 Å². The maximum Gasteiger partial charge on any atom is 0.300 e. The summed E-state index contributed by atoms with van der Waals surface area (Å²) in [6.45, 7) is 6.47. The van der Waals surface area contributed by atoms with Crippen molar-refractivity contribution in [3.8, 4) is 11.5 Å². The lowest BCUT2D eigenvalue weighted by Gasteiger charge is -2.27. The minimum Gasteiger partial charge on any atom is -0.507 e. The Morgan fingerprint density at radius 1 is 0.971 bits per heavy atom. The van der Waals surface area contributed by atoms with Gasteiger partial charge >= 0.3 is 0 Å². The molecule has 1 saturated heterocycles. The average molecular weight is 472 g/mol. The van der Waals surface area contributed by atoms with E-state index in [-0.39, 0.29) is 11.3 Å². The summed E-state index contributed by atoms with van der Waals surface area (Å²) in [4.78, 5) is 28.3. The largest absolute Gasteiger partial charge is 0.507 e. The molecule has 35 heavy (non-hydrogen) atoms. The zero-order chi connectivity index (χ0) is 25.1. The van der Waals surface area contributed by atoms with Gasteiger partial charge in [0.2, 0.25) is 0 Å². The van der Waals surface area contributed by atoms with Crippen LogP contribution >= 0.6 is 0 Å². The van der Waals surface area contributed by atoms with E-state index in [1.807, 2.05) is 51.1 Å². The number of hydrogen-bond acceptors (Lipinski definition) is 5.